The van der Waals surface area contributed by atoms with E-state index in [1.54, 1.807) is 21.3 Å². The highest BCUT2D eigenvalue weighted by Gasteiger charge is 2.35. The maximum atomic E-state index is 5.21. The van der Waals surface area contributed by atoms with Crippen LogP contribution in [0.2, 0.25) is 12.2 Å². The lowest BCUT2D eigenvalue weighted by molar-refractivity contribution is 0.129. The first-order chi connectivity index (χ1) is 4.74. The second kappa shape index (κ2) is 5.03. The van der Waals surface area contributed by atoms with Crippen LogP contribution in [0, 0.1) is 0 Å². The third-order valence-corrected chi connectivity index (χ3v) is 7.80. The Balaban J connectivity index is 3.87. The average molecular weight is 180 g/mol. The Hall–Kier alpha value is 0.314. The van der Waals surface area contributed by atoms with Crippen molar-refractivity contribution in [2.45, 2.75) is 12.2 Å². The standard InChI is InChI=1S/C5H16O3Si2/c1-6-10(7-2,8-3)5-9-4/h5,9H2,1-4H3. The summed E-state index contributed by atoms with van der Waals surface area (Å²) in [6, 6.07) is 0. The summed E-state index contributed by atoms with van der Waals surface area (Å²) in [5, 5.41) is 0. The van der Waals surface area contributed by atoms with Crippen LogP contribution in [-0.4, -0.2) is 39.7 Å². The largest absolute Gasteiger partial charge is 0.496 e. The third kappa shape index (κ3) is 2.51. The van der Waals surface area contributed by atoms with Gasteiger partial charge in [0.2, 0.25) is 0 Å². The van der Waals surface area contributed by atoms with Gasteiger partial charge in [0.05, 0.1) is 0 Å². The molecule has 0 bridgehead atoms. The molecule has 0 unspecified atom stereocenters. The molecule has 0 fully saturated rings. The van der Waals surface area contributed by atoms with E-state index in [-0.39, 0.29) is 9.52 Å². The van der Waals surface area contributed by atoms with Crippen LogP contribution >= 0.6 is 0 Å². The average Bonchev–Trinajstić information content (AvgIpc) is 2.01. The fourth-order valence-electron chi connectivity index (χ4n) is 0.862. The zero-order valence-corrected chi connectivity index (χ0v) is 9.55. The Morgan fingerprint density at radius 2 is 1.50 bits per heavy atom. The van der Waals surface area contributed by atoms with Gasteiger partial charge in [-0.2, -0.15) is 0 Å². The lowest BCUT2D eigenvalue weighted by Gasteiger charge is -2.23. The van der Waals surface area contributed by atoms with Crippen molar-refractivity contribution in [1.29, 1.82) is 0 Å². The zero-order valence-electron chi connectivity index (χ0n) is 7.14. The molecular formula is C5H16O3Si2. The Morgan fingerprint density at radius 3 is 1.60 bits per heavy atom. The summed E-state index contributed by atoms with van der Waals surface area (Å²) in [6.45, 7) is 2.22. The van der Waals surface area contributed by atoms with Crippen molar-refractivity contribution in [3.05, 3.63) is 0 Å². The molecule has 0 heterocycles. The topological polar surface area (TPSA) is 27.7 Å². The Kier molecular flexibility index (Phi) is 5.19. The first kappa shape index (κ1) is 10.3. The molecule has 10 heavy (non-hydrogen) atoms. The molecule has 0 aliphatic rings. The second-order valence-electron chi connectivity index (χ2n) is 2.05. The predicted molar refractivity (Wildman–Crippen MR) is 46.0 cm³/mol. The van der Waals surface area contributed by atoms with Crippen LogP contribution in [0.4, 0.5) is 0 Å². The minimum atomic E-state index is -2.16. The van der Waals surface area contributed by atoms with Crippen molar-refractivity contribution >= 4 is 18.3 Å². The fourth-order valence-corrected chi connectivity index (χ4v) is 6.26. The molecule has 0 saturated heterocycles. The minimum Gasteiger partial charge on any atom is -0.377 e. The van der Waals surface area contributed by atoms with Gasteiger partial charge in [-0.15, -0.1) is 0 Å². The van der Waals surface area contributed by atoms with E-state index in [1.165, 1.54) is 0 Å². The van der Waals surface area contributed by atoms with E-state index in [0.717, 1.165) is 5.67 Å². The van der Waals surface area contributed by atoms with Gasteiger partial charge in [0, 0.05) is 36.5 Å². The van der Waals surface area contributed by atoms with E-state index in [0.29, 0.717) is 0 Å². The summed E-state index contributed by atoms with van der Waals surface area (Å²) >= 11 is 0. The highest BCUT2D eigenvalue weighted by Crippen LogP contribution is 2.10. The summed E-state index contributed by atoms with van der Waals surface area (Å²) in [6.07, 6.45) is 0. The van der Waals surface area contributed by atoms with Gasteiger partial charge in [0.1, 0.15) is 0 Å². The number of rotatable bonds is 5. The third-order valence-electron chi connectivity index (χ3n) is 1.49. The molecule has 0 aromatic heterocycles. The van der Waals surface area contributed by atoms with Gasteiger partial charge < -0.3 is 13.3 Å². The molecule has 62 valence electrons. The van der Waals surface area contributed by atoms with Crippen LogP contribution < -0.4 is 0 Å². The molecule has 0 aromatic carbocycles. The fraction of sp³-hybridized carbons (Fsp3) is 1.00. The normalized spacial score (nSPS) is 13.2. The van der Waals surface area contributed by atoms with Gasteiger partial charge in [0.25, 0.3) is 0 Å². The summed E-state index contributed by atoms with van der Waals surface area (Å²) in [4.78, 5) is 0. The van der Waals surface area contributed by atoms with E-state index >= 15 is 0 Å². The zero-order chi connectivity index (χ0) is 8.04. The van der Waals surface area contributed by atoms with E-state index in [4.69, 9.17) is 13.3 Å². The molecule has 0 rings (SSSR count). The van der Waals surface area contributed by atoms with Crippen molar-refractivity contribution in [1.82, 2.24) is 0 Å². The van der Waals surface area contributed by atoms with Gasteiger partial charge in [-0.3, -0.25) is 0 Å². The van der Waals surface area contributed by atoms with E-state index in [2.05, 4.69) is 6.55 Å². The number of hydrogen-bond acceptors (Lipinski definition) is 3. The lowest BCUT2D eigenvalue weighted by Crippen LogP contribution is -2.43. The van der Waals surface area contributed by atoms with Gasteiger partial charge in [-0.25, -0.2) is 0 Å². The van der Waals surface area contributed by atoms with Crippen molar-refractivity contribution < 1.29 is 13.3 Å². The van der Waals surface area contributed by atoms with Crippen LogP contribution in [0.5, 0.6) is 0 Å². The van der Waals surface area contributed by atoms with Gasteiger partial charge >= 0.3 is 8.80 Å². The summed E-state index contributed by atoms with van der Waals surface area (Å²) in [5.74, 6) is 0. The molecule has 0 radical (unpaired) electrons. The monoisotopic (exact) mass is 180 g/mol. The highest BCUT2D eigenvalue weighted by atomic mass is 28.4. The minimum absolute atomic E-state index is 0.0364. The summed E-state index contributed by atoms with van der Waals surface area (Å²) in [5.41, 5.74) is 1.02. The molecule has 0 N–H and O–H groups in total. The van der Waals surface area contributed by atoms with E-state index < -0.39 is 8.80 Å². The Labute approximate surface area is 65.9 Å². The molecule has 0 spiro atoms. The molecular weight excluding hydrogens is 164 g/mol. The molecule has 0 amide bonds. The molecule has 0 aliphatic heterocycles. The van der Waals surface area contributed by atoms with Crippen LogP contribution in [0.3, 0.4) is 0 Å². The first-order valence-electron chi connectivity index (χ1n) is 3.40. The van der Waals surface area contributed by atoms with E-state index in [1.807, 2.05) is 0 Å². The molecule has 0 saturated carbocycles. The smallest absolute Gasteiger partial charge is 0.377 e. The Bertz CT molecular complexity index is 76.7. The van der Waals surface area contributed by atoms with Gasteiger partial charge in [-0.1, -0.05) is 6.55 Å². The van der Waals surface area contributed by atoms with Crippen LogP contribution in [-0.2, 0) is 13.3 Å². The van der Waals surface area contributed by atoms with Gasteiger partial charge in [0.15, 0.2) is 0 Å². The molecule has 5 heteroatoms. The molecule has 0 aromatic rings. The van der Waals surface area contributed by atoms with Crippen molar-refractivity contribution in [2.24, 2.45) is 0 Å². The van der Waals surface area contributed by atoms with E-state index in [9.17, 15) is 0 Å². The molecule has 0 aliphatic carbocycles. The first-order valence-corrected chi connectivity index (χ1v) is 7.74. The Morgan fingerprint density at radius 1 is 1.10 bits per heavy atom. The molecule has 3 nitrogen and oxygen atoms in total. The van der Waals surface area contributed by atoms with Crippen molar-refractivity contribution in [3.63, 3.8) is 0 Å². The quantitative estimate of drug-likeness (QED) is 0.559. The van der Waals surface area contributed by atoms with Crippen molar-refractivity contribution in [3.8, 4) is 0 Å². The van der Waals surface area contributed by atoms with Crippen LogP contribution in [0.15, 0.2) is 0 Å². The SMILES string of the molecule is CO[Si](C[SiH2]C)(OC)OC. The predicted octanol–water partition coefficient (Wildman–Crippen LogP) is 0.0389. The van der Waals surface area contributed by atoms with Gasteiger partial charge in [-0.05, 0) is 0 Å². The van der Waals surface area contributed by atoms with Crippen LogP contribution in [0.25, 0.3) is 0 Å². The maximum absolute atomic E-state index is 5.21. The maximum Gasteiger partial charge on any atom is 0.496 e. The summed E-state index contributed by atoms with van der Waals surface area (Å²) in [7, 11) is 2.78. The summed E-state index contributed by atoms with van der Waals surface area (Å²) < 4.78 is 15.6. The van der Waals surface area contributed by atoms with Crippen LogP contribution in [0.1, 0.15) is 0 Å². The molecule has 0 atom stereocenters. The second-order valence-corrected chi connectivity index (χ2v) is 7.64. The number of hydrogen-bond donors (Lipinski definition) is 0. The lowest BCUT2D eigenvalue weighted by atomic mass is 11.8. The van der Waals surface area contributed by atoms with Crippen molar-refractivity contribution in [2.75, 3.05) is 21.3 Å². The highest BCUT2D eigenvalue weighted by molar-refractivity contribution is 6.70.